The molecule has 1 fully saturated rings. The molecule has 0 atom stereocenters. The van der Waals surface area contributed by atoms with Crippen LogP contribution in [0.5, 0.6) is 0 Å². The molecule has 1 aliphatic rings. The number of nitro benzene ring substituents is 1. The van der Waals surface area contributed by atoms with E-state index in [0.29, 0.717) is 0 Å². The molecule has 0 bridgehead atoms. The van der Waals surface area contributed by atoms with Gasteiger partial charge in [0.25, 0.3) is 5.69 Å². The van der Waals surface area contributed by atoms with Gasteiger partial charge in [0.05, 0.1) is 16.6 Å². The predicted octanol–water partition coefficient (Wildman–Crippen LogP) is 2.41. The first-order valence-electron chi connectivity index (χ1n) is 6.60. The highest BCUT2D eigenvalue weighted by Gasteiger charge is 2.23. The fourth-order valence-corrected chi connectivity index (χ4v) is 2.52. The van der Waals surface area contributed by atoms with Gasteiger partial charge in [-0.1, -0.05) is 0 Å². The molecule has 0 unspecified atom stereocenters. The Hall–Kier alpha value is -1.95. The van der Waals surface area contributed by atoms with Crippen LogP contribution in [0.4, 0.5) is 11.4 Å². The summed E-state index contributed by atoms with van der Waals surface area (Å²) in [5.41, 5.74) is 0.825. The van der Waals surface area contributed by atoms with Crippen LogP contribution in [-0.2, 0) is 4.74 Å². The third-order valence-corrected chi connectivity index (χ3v) is 3.70. The topological polar surface area (TPSA) is 72.7 Å². The third kappa shape index (κ3) is 2.96. The molecule has 1 aliphatic heterocycles. The maximum atomic E-state index is 11.4. The Morgan fingerprint density at radius 3 is 2.55 bits per heavy atom. The van der Waals surface area contributed by atoms with Crippen LogP contribution in [-0.4, -0.2) is 37.0 Å². The fourth-order valence-electron chi connectivity index (χ4n) is 2.52. The predicted molar refractivity (Wildman–Crippen MR) is 75.3 cm³/mol. The van der Waals surface area contributed by atoms with E-state index in [1.54, 1.807) is 13.2 Å². The van der Waals surface area contributed by atoms with Crippen molar-refractivity contribution in [3.8, 4) is 0 Å². The molecule has 1 aromatic carbocycles. The van der Waals surface area contributed by atoms with Gasteiger partial charge in [-0.2, -0.15) is 0 Å². The molecular formula is C14H18N2O4. The number of methoxy groups -OCH3 is 1. The molecule has 2 rings (SSSR count). The van der Waals surface area contributed by atoms with Crippen molar-refractivity contribution in [3.05, 3.63) is 33.9 Å². The van der Waals surface area contributed by atoms with E-state index in [4.69, 9.17) is 4.74 Å². The summed E-state index contributed by atoms with van der Waals surface area (Å²) in [6.45, 7) is 2.94. The molecule has 1 aromatic rings. The molecule has 0 aliphatic carbocycles. The fraction of sp³-hybridized carbons (Fsp3) is 0.500. The lowest BCUT2D eigenvalue weighted by Crippen LogP contribution is -2.36. The summed E-state index contributed by atoms with van der Waals surface area (Å²) in [7, 11) is 1.70. The summed E-state index contributed by atoms with van der Waals surface area (Å²) < 4.78 is 5.31. The van der Waals surface area contributed by atoms with Crippen LogP contribution in [0, 0.1) is 10.1 Å². The average molecular weight is 278 g/mol. The second-order valence-electron chi connectivity index (χ2n) is 4.94. The van der Waals surface area contributed by atoms with Crippen molar-refractivity contribution in [2.24, 2.45) is 0 Å². The van der Waals surface area contributed by atoms with Crippen molar-refractivity contribution in [2.75, 3.05) is 25.1 Å². The summed E-state index contributed by atoms with van der Waals surface area (Å²) in [6, 6.07) is 4.80. The van der Waals surface area contributed by atoms with E-state index in [1.807, 2.05) is 0 Å². The van der Waals surface area contributed by atoms with Gasteiger partial charge in [-0.15, -0.1) is 0 Å². The molecule has 0 saturated carbocycles. The zero-order valence-electron chi connectivity index (χ0n) is 11.7. The first-order valence-corrected chi connectivity index (χ1v) is 6.60. The number of rotatable bonds is 4. The monoisotopic (exact) mass is 278 g/mol. The average Bonchev–Trinajstić information content (AvgIpc) is 2.46. The number of hydrogen-bond acceptors (Lipinski definition) is 5. The highest BCUT2D eigenvalue weighted by atomic mass is 16.6. The number of nitrogens with zero attached hydrogens (tertiary/aromatic N) is 2. The highest BCUT2D eigenvalue weighted by Crippen LogP contribution is 2.28. The Morgan fingerprint density at radius 2 is 2.05 bits per heavy atom. The molecule has 1 heterocycles. The Bertz CT molecular complexity index is 522. The molecule has 0 radical (unpaired) electrons. The summed E-state index contributed by atoms with van der Waals surface area (Å²) in [5.74, 6) is -0.290. The number of carbonyl (C=O) groups excluding carboxylic acids is 1. The van der Waals surface area contributed by atoms with E-state index in [0.717, 1.165) is 31.6 Å². The van der Waals surface area contributed by atoms with E-state index < -0.39 is 4.92 Å². The molecule has 0 spiro atoms. The number of anilines is 1. The molecule has 20 heavy (non-hydrogen) atoms. The summed E-state index contributed by atoms with van der Waals surface area (Å²) in [6.07, 6.45) is 2.06. The van der Waals surface area contributed by atoms with Crippen molar-refractivity contribution < 1.29 is 14.5 Å². The number of benzene rings is 1. The maximum absolute atomic E-state index is 11.4. The van der Waals surface area contributed by atoms with Gasteiger partial charge in [-0.25, -0.2) is 0 Å². The summed E-state index contributed by atoms with van der Waals surface area (Å²) >= 11 is 0. The quantitative estimate of drug-likeness (QED) is 0.480. The Labute approximate surface area is 117 Å². The van der Waals surface area contributed by atoms with E-state index in [1.165, 1.54) is 19.1 Å². The summed E-state index contributed by atoms with van der Waals surface area (Å²) in [5, 5.41) is 11.1. The van der Waals surface area contributed by atoms with Gasteiger partial charge in [-0.3, -0.25) is 14.9 Å². The number of nitro groups is 1. The Morgan fingerprint density at radius 1 is 1.40 bits per heavy atom. The van der Waals surface area contributed by atoms with Crippen molar-refractivity contribution in [1.82, 2.24) is 0 Å². The highest BCUT2D eigenvalue weighted by molar-refractivity contribution is 5.98. The zero-order chi connectivity index (χ0) is 14.7. The van der Waals surface area contributed by atoms with Crippen LogP contribution in [0.1, 0.15) is 30.1 Å². The number of ether oxygens (including phenoxy) is 1. The van der Waals surface area contributed by atoms with Gasteiger partial charge in [0.1, 0.15) is 0 Å². The summed E-state index contributed by atoms with van der Waals surface area (Å²) in [4.78, 5) is 24.1. The largest absolute Gasteiger partial charge is 0.381 e. The molecule has 0 amide bonds. The van der Waals surface area contributed by atoms with Crippen LogP contribution in [0.15, 0.2) is 18.2 Å². The minimum Gasteiger partial charge on any atom is -0.381 e. The number of Topliss-reactive ketones (excluding diaryl/α,β-unsaturated/α-hetero) is 1. The number of carbonyl (C=O) groups is 1. The standard InChI is InChI=1S/C14H18N2O4/c1-10(17)13-4-3-11(9-14(13)16(18)19)15-7-5-12(20-2)6-8-15/h3-4,9,12H,5-8H2,1-2H3. The Balaban J connectivity index is 2.24. The molecule has 6 heteroatoms. The van der Waals surface area contributed by atoms with E-state index in [9.17, 15) is 14.9 Å². The van der Waals surface area contributed by atoms with Crippen LogP contribution >= 0.6 is 0 Å². The van der Waals surface area contributed by atoms with Gasteiger partial charge >= 0.3 is 0 Å². The molecule has 6 nitrogen and oxygen atoms in total. The normalized spacial score (nSPS) is 16.2. The molecule has 1 saturated heterocycles. The Kier molecular flexibility index (Phi) is 4.34. The van der Waals surface area contributed by atoms with Crippen molar-refractivity contribution in [1.29, 1.82) is 0 Å². The van der Waals surface area contributed by atoms with E-state index in [2.05, 4.69) is 4.90 Å². The lowest BCUT2D eigenvalue weighted by Gasteiger charge is -2.32. The lowest BCUT2D eigenvalue weighted by molar-refractivity contribution is -0.385. The second kappa shape index (κ2) is 6.00. The van der Waals surface area contributed by atoms with E-state index in [-0.39, 0.29) is 23.1 Å². The number of hydrogen-bond donors (Lipinski definition) is 0. The minimum absolute atomic E-state index is 0.121. The van der Waals surface area contributed by atoms with Crippen molar-refractivity contribution in [3.63, 3.8) is 0 Å². The first-order chi connectivity index (χ1) is 9.52. The zero-order valence-corrected chi connectivity index (χ0v) is 11.7. The first kappa shape index (κ1) is 14.5. The van der Waals surface area contributed by atoms with E-state index >= 15 is 0 Å². The van der Waals surface area contributed by atoms with Gasteiger partial charge in [0.2, 0.25) is 0 Å². The third-order valence-electron chi connectivity index (χ3n) is 3.70. The van der Waals surface area contributed by atoms with Gasteiger partial charge in [-0.05, 0) is 31.9 Å². The van der Waals surface area contributed by atoms with Gasteiger partial charge in [0.15, 0.2) is 5.78 Å². The van der Waals surface area contributed by atoms with Crippen molar-refractivity contribution >= 4 is 17.2 Å². The smallest absolute Gasteiger partial charge is 0.282 e. The molecule has 108 valence electrons. The molecule has 0 N–H and O–H groups in total. The minimum atomic E-state index is -0.498. The van der Waals surface area contributed by atoms with Crippen LogP contribution in [0.2, 0.25) is 0 Å². The van der Waals surface area contributed by atoms with Crippen LogP contribution in [0.25, 0.3) is 0 Å². The molecular weight excluding hydrogens is 260 g/mol. The van der Waals surface area contributed by atoms with Gasteiger partial charge < -0.3 is 9.64 Å². The SMILES string of the molecule is COC1CCN(c2ccc(C(C)=O)c([N+](=O)[O-])c2)CC1. The number of piperidine rings is 1. The lowest BCUT2D eigenvalue weighted by atomic mass is 10.0. The van der Waals surface area contributed by atoms with Gasteiger partial charge in [0, 0.05) is 32.0 Å². The second-order valence-corrected chi connectivity index (χ2v) is 4.94. The van der Waals surface area contributed by atoms with Crippen molar-refractivity contribution in [2.45, 2.75) is 25.9 Å². The van der Waals surface area contributed by atoms with Crippen LogP contribution < -0.4 is 4.90 Å². The number of ketones is 1. The van der Waals surface area contributed by atoms with Crippen LogP contribution in [0.3, 0.4) is 0 Å². The molecule has 0 aromatic heterocycles. The maximum Gasteiger partial charge on any atom is 0.282 e.